The lowest BCUT2D eigenvalue weighted by atomic mass is 10.2. The number of hydrogen-bond donors (Lipinski definition) is 1. The molecule has 0 radical (unpaired) electrons. The van der Waals surface area contributed by atoms with Gasteiger partial charge in [-0.1, -0.05) is 16.8 Å². The number of aryl methyl sites for hydroxylation is 1. The van der Waals surface area contributed by atoms with Crippen LogP contribution in [0.15, 0.2) is 24.4 Å². The first-order chi connectivity index (χ1) is 6.66. The highest BCUT2D eigenvalue weighted by molar-refractivity contribution is 6.32. The molecule has 0 saturated heterocycles. The van der Waals surface area contributed by atoms with E-state index in [2.05, 4.69) is 10.3 Å². The molecule has 0 spiro atoms. The Labute approximate surface area is 85.7 Å². The van der Waals surface area contributed by atoms with Crippen LogP contribution < -0.4 is 0 Å². The monoisotopic (exact) mass is 209 g/mol. The minimum atomic E-state index is 0.0688. The molecule has 0 unspecified atom stereocenters. The average molecular weight is 210 g/mol. The molecule has 4 nitrogen and oxygen atoms in total. The van der Waals surface area contributed by atoms with E-state index in [0.29, 0.717) is 5.02 Å². The van der Waals surface area contributed by atoms with E-state index >= 15 is 0 Å². The Morgan fingerprint density at radius 2 is 2.21 bits per heavy atom. The van der Waals surface area contributed by atoms with Gasteiger partial charge in [-0.05, 0) is 18.2 Å². The molecule has 14 heavy (non-hydrogen) atoms. The van der Waals surface area contributed by atoms with Gasteiger partial charge in [-0.25, -0.2) is 0 Å². The van der Waals surface area contributed by atoms with E-state index in [1.807, 2.05) is 0 Å². The second-order valence-corrected chi connectivity index (χ2v) is 3.35. The smallest absolute Gasteiger partial charge is 0.134 e. The Bertz CT molecular complexity index is 467. The number of phenolic OH excluding ortho intramolecular Hbond substituents is 1. The number of aromatic nitrogens is 3. The zero-order chi connectivity index (χ0) is 10.1. The second-order valence-electron chi connectivity index (χ2n) is 2.94. The maximum Gasteiger partial charge on any atom is 0.134 e. The number of hydrogen-bond acceptors (Lipinski definition) is 3. The Hall–Kier alpha value is -1.55. The minimum absolute atomic E-state index is 0.0688. The van der Waals surface area contributed by atoms with Gasteiger partial charge in [-0.2, -0.15) is 0 Å². The molecular weight excluding hydrogens is 202 g/mol. The van der Waals surface area contributed by atoms with Crippen molar-refractivity contribution < 1.29 is 5.11 Å². The van der Waals surface area contributed by atoms with Crippen molar-refractivity contribution in [2.24, 2.45) is 7.05 Å². The van der Waals surface area contributed by atoms with E-state index < -0.39 is 0 Å². The third-order valence-electron chi connectivity index (χ3n) is 1.85. The van der Waals surface area contributed by atoms with Crippen LogP contribution in [0.25, 0.3) is 11.3 Å². The lowest BCUT2D eigenvalue weighted by Gasteiger charge is -1.98. The molecule has 0 saturated carbocycles. The number of phenols is 1. The molecule has 1 aromatic carbocycles. The van der Waals surface area contributed by atoms with Gasteiger partial charge < -0.3 is 5.11 Å². The third-order valence-corrected chi connectivity index (χ3v) is 2.15. The van der Waals surface area contributed by atoms with Crippen molar-refractivity contribution in [3.05, 3.63) is 29.4 Å². The summed E-state index contributed by atoms with van der Waals surface area (Å²) in [6.07, 6.45) is 1.78. The molecule has 1 heterocycles. The molecule has 5 heteroatoms. The zero-order valence-corrected chi connectivity index (χ0v) is 8.23. The Morgan fingerprint density at radius 1 is 1.43 bits per heavy atom. The molecule has 2 aromatic rings. The number of halogens is 1. The van der Waals surface area contributed by atoms with Crippen LogP contribution in [0.2, 0.25) is 5.02 Å². The van der Waals surface area contributed by atoms with Crippen molar-refractivity contribution in [2.75, 3.05) is 0 Å². The largest absolute Gasteiger partial charge is 0.506 e. The van der Waals surface area contributed by atoms with E-state index in [1.54, 1.807) is 30.1 Å². The lowest BCUT2D eigenvalue weighted by Crippen LogP contribution is -1.85. The summed E-state index contributed by atoms with van der Waals surface area (Å²) in [5.74, 6) is 0.0688. The first kappa shape index (κ1) is 9.02. The first-order valence-corrected chi connectivity index (χ1v) is 4.40. The SMILES string of the molecule is Cn1cc(-c2ccc(O)c(Cl)c2)nn1. The molecule has 0 fully saturated rings. The van der Waals surface area contributed by atoms with Crippen LogP contribution in [0.3, 0.4) is 0 Å². The Kier molecular flexibility index (Phi) is 2.13. The molecule has 0 amide bonds. The van der Waals surface area contributed by atoms with Crippen LogP contribution in [0.5, 0.6) is 5.75 Å². The predicted molar refractivity (Wildman–Crippen MR) is 53.1 cm³/mol. The standard InChI is InChI=1S/C9H8ClN3O/c1-13-5-8(11-12-13)6-2-3-9(14)7(10)4-6/h2-5,14H,1H3. The topological polar surface area (TPSA) is 50.9 Å². The summed E-state index contributed by atoms with van der Waals surface area (Å²) >= 11 is 5.77. The molecule has 0 aliphatic rings. The quantitative estimate of drug-likeness (QED) is 0.780. The summed E-state index contributed by atoms with van der Waals surface area (Å²) in [6, 6.07) is 4.93. The van der Waals surface area contributed by atoms with Crippen molar-refractivity contribution in [3.63, 3.8) is 0 Å². The number of aromatic hydroxyl groups is 1. The van der Waals surface area contributed by atoms with E-state index in [0.717, 1.165) is 11.3 Å². The molecule has 72 valence electrons. The van der Waals surface area contributed by atoms with Crippen LogP contribution in [0, 0.1) is 0 Å². The van der Waals surface area contributed by atoms with Gasteiger partial charge in [0.15, 0.2) is 0 Å². The molecule has 0 aliphatic heterocycles. The van der Waals surface area contributed by atoms with Crippen LogP contribution in [-0.4, -0.2) is 20.1 Å². The van der Waals surface area contributed by atoms with Crippen LogP contribution in [0.1, 0.15) is 0 Å². The fraction of sp³-hybridized carbons (Fsp3) is 0.111. The van der Waals surface area contributed by atoms with E-state index in [4.69, 9.17) is 11.6 Å². The highest BCUT2D eigenvalue weighted by atomic mass is 35.5. The summed E-state index contributed by atoms with van der Waals surface area (Å²) in [5.41, 5.74) is 1.57. The number of benzene rings is 1. The van der Waals surface area contributed by atoms with E-state index in [-0.39, 0.29) is 5.75 Å². The van der Waals surface area contributed by atoms with E-state index in [9.17, 15) is 5.11 Å². The third kappa shape index (κ3) is 1.56. The summed E-state index contributed by atoms with van der Waals surface area (Å²) in [6.45, 7) is 0. The van der Waals surface area contributed by atoms with Gasteiger partial charge >= 0.3 is 0 Å². The van der Waals surface area contributed by atoms with Gasteiger partial charge in [-0.3, -0.25) is 4.68 Å². The Morgan fingerprint density at radius 3 is 2.79 bits per heavy atom. The van der Waals surface area contributed by atoms with Crippen molar-refractivity contribution >= 4 is 11.6 Å². The van der Waals surface area contributed by atoms with Gasteiger partial charge in [0.2, 0.25) is 0 Å². The van der Waals surface area contributed by atoms with E-state index in [1.165, 1.54) is 6.07 Å². The fourth-order valence-electron chi connectivity index (χ4n) is 1.15. The van der Waals surface area contributed by atoms with Crippen LogP contribution in [0.4, 0.5) is 0 Å². The molecule has 2 rings (SSSR count). The van der Waals surface area contributed by atoms with Gasteiger partial charge in [0.1, 0.15) is 11.4 Å². The highest BCUT2D eigenvalue weighted by Gasteiger charge is 2.05. The van der Waals surface area contributed by atoms with Crippen molar-refractivity contribution in [3.8, 4) is 17.0 Å². The summed E-state index contributed by atoms with van der Waals surface area (Å²) in [4.78, 5) is 0. The molecule has 1 aromatic heterocycles. The molecule has 0 aliphatic carbocycles. The van der Waals surface area contributed by atoms with Gasteiger partial charge in [0, 0.05) is 12.6 Å². The lowest BCUT2D eigenvalue weighted by molar-refractivity contribution is 0.475. The highest BCUT2D eigenvalue weighted by Crippen LogP contribution is 2.27. The van der Waals surface area contributed by atoms with Gasteiger partial charge in [-0.15, -0.1) is 5.10 Å². The Balaban J connectivity index is 2.47. The summed E-state index contributed by atoms with van der Waals surface area (Å²) in [7, 11) is 1.79. The number of rotatable bonds is 1. The maximum absolute atomic E-state index is 9.22. The van der Waals surface area contributed by atoms with Crippen LogP contribution in [-0.2, 0) is 7.05 Å². The molecular formula is C9H8ClN3O. The summed E-state index contributed by atoms with van der Waals surface area (Å²) in [5, 5.41) is 17.3. The number of nitrogens with zero attached hydrogens (tertiary/aromatic N) is 3. The van der Waals surface area contributed by atoms with Gasteiger partial charge in [0.25, 0.3) is 0 Å². The minimum Gasteiger partial charge on any atom is -0.506 e. The summed E-state index contributed by atoms with van der Waals surface area (Å²) < 4.78 is 1.61. The molecule has 0 bridgehead atoms. The predicted octanol–water partition coefficient (Wildman–Crippen LogP) is 1.84. The molecule has 1 N–H and O–H groups in total. The normalized spacial score (nSPS) is 10.4. The van der Waals surface area contributed by atoms with Crippen molar-refractivity contribution in [1.82, 2.24) is 15.0 Å². The van der Waals surface area contributed by atoms with Gasteiger partial charge in [0.05, 0.1) is 11.2 Å². The zero-order valence-electron chi connectivity index (χ0n) is 7.48. The first-order valence-electron chi connectivity index (χ1n) is 4.02. The van der Waals surface area contributed by atoms with Crippen molar-refractivity contribution in [1.29, 1.82) is 0 Å². The second kappa shape index (κ2) is 3.31. The van der Waals surface area contributed by atoms with Crippen molar-refractivity contribution in [2.45, 2.75) is 0 Å². The maximum atomic E-state index is 9.22. The average Bonchev–Trinajstić information content (AvgIpc) is 2.57. The molecule has 0 atom stereocenters. The fourth-order valence-corrected chi connectivity index (χ4v) is 1.33. The van der Waals surface area contributed by atoms with Crippen LogP contribution >= 0.6 is 11.6 Å².